The van der Waals surface area contributed by atoms with E-state index >= 15 is 0 Å². The van der Waals surface area contributed by atoms with Crippen LogP contribution < -0.4 is 5.32 Å². The fourth-order valence-electron chi connectivity index (χ4n) is 3.02. The summed E-state index contributed by atoms with van der Waals surface area (Å²) in [6, 6.07) is 1.28. The highest BCUT2D eigenvalue weighted by atomic mass is 15.6. The summed E-state index contributed by atoms with van der Waals surface area (Å²) in [6.07, 6.45) is 8.69. The van der Waals surface area contributed by atoms with Crippen LogP contribution in [0.15, 0.2) is 0 Å². The summed E-state index contributed by atoms with van der Waals surface area (Å²) in [5.41, 5.74) is 0. The molecule has 0 saturated heterocycles. The number of rotatable bonds is 6. The molecule has 0 amide bonds. The Morgan fingerprint density at radius 3 is 2.53 bits per heavy atom. The first-order valence-corrected chi connectivity index (χ1v) is 7.80. The maximum Gasteiger partial charge on any atom is 0.168 e. The maximum atomic E-state index is 4.25. The summed E-state index contributed by atoms with van der Waals surface area (Å²) in [5.74, 6) is 0.999. The van der Waals surface area contributed by atoms with Crippen molar-refractivity contribution in [3.05, 3.63) is 5.82 Å². The first-order valence-electron chi connectivity index (χ1n) is 7.80. The Morgan fingerprint density at radius 2 is 1.89 bits per heavy atom. The lowest BCUT2D eigenvalue weighted by Gasteiger charge is -2.25. The van der Waals surface area contributed by atoms with E-state index in [0.717, 1.165) is 18.7 Å². The van der Waals surface area contributed by atoms with Gasteiger partial charge in [-0.05, 0) is 43.0 Å². The van der Waals surface area contributed by atoms with Crippen molar-refractivity contribution in [1.29, 1.82) is 0 Å². The van der Waals surface area contributed by atoms with Gasteiger partial charge in [0.2, 0.25) is 0 Å². The molecule has 2 rings (SSSR count). The molecule has 1 atom stereocenters. The Kier molecular flexibility index (Phi) is 5.31. The molecule has 1 aromatic heterocycles. The van der Waals surface area contributed by atoms with Crippen molar-refractivity contribution >= 4 is 0 Å². The summed E-state index contributed by atoms with van der Waals surface area (Å²) < 4.78 is 2.07. The van der Waals surface area contributed by atoms with Crippen molar-refractivity contribution in [3.8, 4) is 0 Å². The van der Waals surface area contributed by atoms with E-state index in [1.165, 1.54) is 32.1 Å². The van der Waals surface area contributed by atoms with Crippen molar-refractivity contribution in [2.45, 2.75) is 83.8 Å². The largest absolute Gasteiger partial charge is 0.305 e. The fraction of sp³-hybridized carbons (Fsp3) is 0.929. The van der Waals surface area contributed by atoms with Crippen LogP contribution in [0.2, 0.25) is 0 Å². The zero-order chi connectivity index (χ0) is 13.7. The van der Waals surface area contributed by atoms with Gasteiger partial charge in [0, 0.05) is 6.04 Å². The number of tetrazole rings is 1. The molecule has 0 unspecified atom stereocenters. The molecule has 0 radical (unpaired) electrons. The predicted octanol–water partition coefficient (Wildman–Crippen LogP) is 3.02. The van der Waals surface area contributed by atoms with Gasteiger partial charge in [-0.15, -0.1) is 5.10 Å². The van der Waals surface area contributed by atoms with Gasteiger partial charge in [-0.1, -0.05) is 33.1 Å². The molecule has 19 heavy (non-hydrogen) atoms. The Balaban J connectivity index is 2.05. The highest BCUT2D eigenvalue weighted by Gasteiger charge is 2.23. The molecule has 5 nitrogen and oxygen atoms in total. The lowest BCUT2D eigenvalue weighted by Crippen LogP contribution is -2.32. The van der Waals surface area contributed by atoms with Gasteiger partial charge in [0.1, 0.15) is 0 Å². The van der Waals surface area contributed by atoms with Gasteiger partial charge < -0.3 is 5.32 Å². The quantitative estimate of drug-likeness (QED) is 0.859. The number of hydrogen-bond acceptors (Lipinski definition) is 4. The minimum absolute atomic E-state index is 0.224. The molecule has 0 bridgehead atoms. The molecule has 1 N–H and O–H groups in total. The molecule has 0 aliphatic heterocycles. The first-order chi connectivity index (χ1) is 9.26. The third-order valence-electron chi connectivity index (χ3n) is 4.30. The van der Waals surface area contributed by atoms with E-state index in [9.17, 15) is 0 Å². The molecule has 0 aromatic carbocycles. The van der Waals surface area contributed by atoms with Gasteiger partial charge >= 0.3 is 0 Å². The van der Waals surface area contributed by atoms with Crippen LogP contribution in [-0.4, -0.2) is 26.2 Å². The standard InChI is InChI=1S/C14H27N5/c1-4-12(5-2)15-11(3)14-16-17-18-19(14)13-9-7-6-8-10-13/h11-13,15H,4-10H2,1-3H3/t11-/m0/s1. The normalized spacial score (nSPS) is 18.9. The number of nitrogens with one attached hydrogen (secondary N) is 1. The summed E-state index contributed by atoms with van der Waals surface area (Å²) in [5, 5.41) is 16.0. The average molecular weight is 265 g/mol. The monoisotopic (exact) mass is 265 g/mol. The Bertz CT molecular complexity index is 366. The van der Waals surface area contributed by atoms with E-state index in [1.807, 2.05) is 0 Å². The van der Waals surface area contributed by atoms with E-state index < -0.39 is 0 Å². The van der Waals surface area contributed by atoms with Gasteiger partial charge in [0.05, 0.1) is 12.1 Å². The molecule has 1 aliphatic carbocycles. The van der Waals surface area contributed by atoms with Crippen LogP contribution in [0.5, 0.6) is 0 Å². The van der Waals surface area contributed by atoms with E-state index in [2.05, 4.69) is 46.3 Å². The van der Waals surface area contributed by atoms with Crippen LogP contribution in [0.3, 0.4) is 0 Å². The molecule has 1 heterocycles. The minimum Gasteiger partial charge on any atom is -0.305 e. The van der Waals surface area contributed by atoms with Crippen molar-refractivity contribution in [3.63, 3.8) is 0 Å². The van der Waals surface area contributed by atoms with Gasteiger partial charge in [0.15, 0.2) is 5.82 Å². The zero-order valence-electron chi connectivity index (χ0n) is 12.5. The molecule has 0 spiro atoms. The second-order valence-electron chi connectivity index (χ2n) is 5.68. The second-order valence-corrected chi connectivity index (χ2v) is 5.68. The van der Waals surface area contributed by atoms with Crippen LogP contribution in [0.1, 0.15) is 83.6 Å². The predicted molar refractivity (Wildman–Crippen MR) is 75.9 cm³/mol. The first kappa shape index (κ1) is 14.4. The van der Waals surface area contributed by atoms with Gasteiger partial charge in [0.25, 0.3) is 0 Å². The van der Waals surface area contributed by atoms with Crippen molar-refractivity contribution < 1.29 is 0 Å². The summed E-state index contributed by atoms with van der Waals surface area (Å²) in [6.45, 7) is 6.61. The highest BCUT2D eigenvalue weighted by molar-refractivity contribution is 4.93. The Hall–Kier alpha value is -0.970. The van der Waals surface area contributed by atoms with E-state index in [4.69, 9.17) is 0 Å². The van der Waals surface area contributed by atoms with Crippen molar-refractivity contribution in [2.75, 3.05) is 0 Å². The van der Waals surface area contributed by atoms with Gasteiger partial charge in [-0.25, -0.2) is 4.68 Å². The average Bonchev–Trinajstić information content (AvgIpc) is 2.95. The van der Waals surface area contributed by atoms with Crippen LogP contribution in [0, 0.1) is 0 Å². The summed E-state index contributed by atoms with van der Waals surface area (Å²) in [7, 11) is 0. The summed E-state index contributed by atoms with van der Waals surface area (Å²) >= 11 is 0. The SMILES string of the molecule is CCC(CC)N[C@@H](C)c1nnnn1C1CCCCC1. The lowest BCUT2D eigenvalue weighted by atomic mass is 9.95. The lowest BCUT2D eigenvalue weighted by molar-refractivity contribution is 0.303. The van der Waals surface area contributed by atoms with E-state index in [1.54, 1.807) is 0 Å². The highest BCUT2D eigenvalue weighted by Crippen LogP contribution is 2.29. The molecule has 1 aliphatic rings. The molecule has 1 fully saturated rings. The number of aromatic nitrogens is 4. The van der Waals surface area contributed by atoms with Crippen LogP contribution in [0.4, 0.5) is 0 Å². The van der Waals surface area contributed by atoms with E-state index in [-0.39, 0.29) is 6.04 Å². The molecule has 108 valence electrons. The summed E-state index contributed by atoms with van der Waals surface area (Å²) in [4.78, 5) is 0. The fourth-order valence-corrected chi connectivity index (χ4v) is 3.02. The molecular weight excluding hydrogens is 238 g/mol. The van der Waals surface area contributed by atoms with Gasteiger partial charge in [-0.3, -0.25) is 0 Å². The molecular formula is C14H27N5. The van der Waals surface area contributed by atoms with Crippen LogP contribution in [-0.2, 0) is 0 Å². The van der Waals surface area contributed by atoms with Crippen molar-refractivity contribution in [2.24, 2.45) is 0 Å². The maximum absolute atomic E-state index is 4.25. The molecule has 5 heteroatoms. The third-order valence-corrected chi connectivity index (χ3v) is 4.30. The van der Waals surface area contributed by atoms with E-state index in [0.29, 0.717) is 12.1 Å². The minimum atomic E-state index is 0.224. The number of nitrogens with zero attached hydrogens (tertiary/aromatic N) is 4. The second kappa shape index (κ2) is 6.98. The van der Waals surface area contributed by atoms with Gasteiger partial charge in [-0.2, -0.15) is 0 Å². The van der Waals surface area contributed by atoms with Crippen LogP contribution >= 0.6 is 0 Å². The Labute approximate surface area is 116 Å². The van der Waals surface area contributed by atoms with Crippen LogP contribution in [0.25, 0.3) is 0 Å². The van der Waals surface area contributed by atoms with Crippen molar-refractivity contribution in [1.82, 2.24) is 25.5 Å². The molecule has 1 aromatic rings. The third kappa shape index (κ3) is 3.53. The topological polar surface area (TPSA) is 55.6 Å². The smallest absolute Gasteiger partial charge is 0.168 e. The Morgan fingerprint density at radius 1 is 1.21 bits per heavy atom. The molecule has 1 saturated carbocycles. The zero-order valence-corrected chi connectivity index (χ0v) is 12.5. The number of hydrogen-bond donors (Lipinski definition) is 1.